The van der Waals surface area contributed by atoms with Crippen molar-refractivity contribution in [2.45, 2.75) is 25.4 Å². The zero-order valence-electron chi connectivity index (χ0n) is 9.95. The van der Waals surface area contributed by atoms with Crippen LogP contribution in [0.5, 0.6) is 0 Å². The Balaban J connectivity index is 2.41. The number of ketones is 1. The van der Waals surface area contributed by atoms with E-state index >= 15 is 0 Å². The van der Waals surface area contributed by atoms with Gasteiger partial charge in [0.15, 0.2) is 11.3 Å². The number of ether oxygens (including phenoxy) is 1. The maximum atomic E-state index is 11.8. The molecule has 2 rings (SSSR count). The van der Waals surface area contributed by atoms with Gasteiger partial charge < -0.3 is 4.74 Å². The normalized spacial score (nSPS) is 22.7. The van der Waals surface area contributed by atoms with Gasteiger partial charge in [-0.3, -0.25) is 10.1 Å². The van der Waals surface area contributed by atoms with E-state index in [0.717, 1.165) is 11.1 Å². The van der Waals surface area contributed by atoms with E-state index in [2.05, 4.69) is 5.32 Å². The van der Waals surface area contributed by atoms with E-state index in [4.69, 9.17) is 4.74 Å². The molecule has 0 amide bonds. The molecule has 0 spiro atoms. The largest absolute Gasteiger partial charge is 0.467 e. The third kappa shape index (κ3) is 1.85. The standard InChI is InChI=1S/C13H15NO3/c1-9(15)13(12(16)17-2)7-10-5-3-4-6-11(10)8-14-13/h3-6,14H,7-8H2,1-2H3. The van der Waals surface area contributed by atoms with Gasteiger partial charge in [0.2, 0.25) is 0 Å². The Hall–Kier alpha value is -1.68. The van der Waals surface area contributed by atoms with E-state index in [1.807, 2.05) is 24.3 Å². The second-order valence-electron chi connectivity index (χ2n) is 4.25. The van der Waals surface area contributed by atoms with Crippen LogP contribution in [0.4, 0.5) is 0 Å². The second kappa shape index (κ2) is 4.30. The van der Waals surface area contributed by atoms with Crippen LogP contribution in [0.25, 0.3) is 0 Å². The van der Waals surface area contributed by atoms with Crippen LogP contribution in [0.15, 0.2) is 24.3 Å². The molecule has 1 aromatic rings. The van der Waals surface area contributed by atoms with Crippen molar-refractivity contribution in [2.75, 3.05) is 7.11 Å². The van der Waals surface area contributed by atoms with E-state index < -0.39 is 11.5 Å². The fourth-order valence-corrected chi connectivity index (χ4v) is 2.21. The third-order valence-corrected chi connectivity index (χ3v) is 3.29. The Bertz CT molecular complexity index is 469. The minimum Gasteiger partial charge on any atom is -0.467 e. The van der Waals surface area contributed by atoms with E-state index in [0.29, 0.717) is 13.0 Å². The fraction of sp³-hybridized carbons (Fsp3) is 0.385. The molecule has 1 heterocycles. The molecule has 1 N–H and O–H groups in total. The van der Waals surface area contributed by atoms with Crippen molar-refractivity contribution < 1.29 is 14.3 Å². The molecule has 0 saturated carbocycles. The van der Waals surface area contributed by atoms with Crippen molar-refractivity contribution in [3.8, 4) is 0 Å². The zero-order valence-corrected chi connectivity index (χ0v) is 9.95. The number of hydrogen-bond donors (Lipinski definition) is 1. The summed E-state index contributed by atoms with van der Waals surface area (Å²) in [5, 5.41) is 3.01. The molecule has 1 aliphatic heterocycles. The summed E-state index contributed by atoms with van der Waals surface area (Å²) in [4.78, 5) is 23.6. The number of esters is 1. The predicted octanol–water partition coefficient (Wildman–Crippen LogP) is 0.833. The number of nitrogens with one attached hydrogen (secondary N) is 1. The molecule has 1 aliphatic rings. The first-order valence-electron chi connectivity index (χ1n) is 5.51. The Labute approximate surface area is 100.0 Å². The summed E-state index contributed by atoms with van der Waals surface area (Å²) in [7, 11) is 1.30. The van der Waals surface area contributed by atoms with Gasteiger partial charge in [-0.1, -0.05) is 24.3 Å². The SMILES string of the molecule is COC(=O)C1(C(C)=O)Cc2ccccc2CN1. The van der Waals surface area contributed by atoms with Crippen molar-refractivity contribution in [1.29, 1.82) is 0 Å². The Kier molecular flexibility index (Phi) is 2.98. The van der Waals surface area contributed by atoms with Crippen LogP contribution in [0.3, 0.4) is 0 Å². The lowest BCUT2D eigenvalue weighted by Gasteiger charge is -2.34. The van der Waals surface area contributed by atoms with Crippen molar-refractivity contribution in [3.05, 3.63) is 35.4 Å². The number of carbonyl (C=O) groups is 2. The minimum atomic E-state index is -1.22. The molecule has 0 saturated heterocycles. The lowest BCUT2D eigenvalue weighted by molar-refractivity contribution is -0.153. The van der Waals surface area contributed by atoms with Gasteiger partial charge in [0.25, 0.3) is 0 Å². The first-order chi connectivity index (χ1) is 8.10. The number of rotatable bonds is 2. The van der Waals surface area contributed by atoms with Crippen LogP contribution in [-0.2, 0) is 27.3 Å². The highest BCUT2D eigenvalue weighted by atomic mass is 16.5. The van der Waals surface area contributed by atoms with Gasteiger partial charge in [-0.25, -0.2) is 4.79 Å². The average Bonchev–Trinajstić information content (AvgIpc) is 2.36. The summed E-state index contributed by atoms with van der Waals surface area (Å²) in [6.45, 7) is 1.92. The molecule has 0 radical (unpaired) electrons. The summed E-state index contributed by atoms with van der Waals surface area (Å²) < 4.78 is 4.75. The first-order valence-corrected chi connectivity index (χ1v) is 5.51. The summed E-state index contributed by atoms with van der Waals surface area (Å²) in [6, 6.07) is 7.78. The van der Waals surface area contributed by atoms with Crippen LogP contribution >= 0.6 is 0 Å². The Morgan fingerprint density at radius 3 is 2.53 bits per heavy atom. The minimum absolute atomic E-state index is 0.209. The quantitative estimate of drug-likeness (QED) is 0.607. The summed E-state index contributed by atoms with van der Waals surface area (Å²) in [5.74, 6) is -0.724. The van der Waals surface area contributed by atoms with Crippen LogP contribution in [-0.4, -0.2) is 24.4 Å². The molecular weight excluding hydrogens is 218 g/mol. The zero-order chi connectivity index (χ0) is 12.5. The van der Waals surface area contributed by atoms with E-state index in [1.165, 1.54) is 14.0 Å². The number of methoxy groups -OCH3 is 1. The number of fused-ring (bicyclic) bond motifs is 1. The molecule has 17 heavy (non-hydrogen) atoms. The summed E-state index contributed by atoms with van der Waals surface area (Å²) >= 11 is 0. The maximum absolute atomic E-state index is 11.8. The molecule has 0 aromatic heterocycles. The highest BCUT2D eigenvalue weighted by Gasteiger charge is 2.46. The van der Waals surface area contributed by atoms with E-state index in [9.17, 15) is 9.59 Å². The van der Waals surface area contributed by atoms with Crippen molar-refractivity contribution in [3.63, 3.8) is 0 Å². The van der Waals surface area contributed by atoms with Gasteiger partial charge in [-0.2, -0.15) is 0 Å². The molecular formula is C13H15NO3. The molecule has 4 heteroatoms. The highest BCUT2D eigenvalue weighted by molar-refractivity contribution is 6.08. The molecule has 0 bridgehead atoms. The van der Waals surface area contributed by atoms with E-state index in [-0.39, 0.29) is 5.78 Å². The fourth-order valence-electron chi connectivity index (χ4n) is 2.21. The number of Topliss-reactive ketones (excluding diaryl/α,β-unsaturated/α-hetero) is 1. The molecule has 90 valence electrons. The van der Waals surface area contributed by atoms with Crippen molar-refractivity contribution >= 4 is 11.8 Å². The van der Waals surface area contributed by atoms with Crippen LogP contribution in [0.1, 0.15) is 18.1 Å². The van der Waals surface area contributed by atoms with Crippen LogP contribution < -0.4 is 5.32 Å². The highest BCUT2D eigenvalue weighted by Crippen LogP contribution is 2.25. The van der Waals surface area contributed by atoms with Gasteiger partial charge in [-0.15, -0.1) is 0 Å². The average molecular weight is 233 g/mol. The Morgan fingerprint density at radius 1 is 1.29 bits per heavy atom. The molecule has 4 nitrogen and oxygen atoms in total. The molecule has 1 aromatic carbocycles. The number of benzene rings is 1. The summed E-state index contributed by atoms with van der Waals surface area (Å²) in [6.07, 6.45) is 0.352. The van der Waals surface area contributed by atoms with E-state index in [1.54, 1.807) is 0 Å². The van der Waals surface area contributed by atoms with Gasteiger partial charge in [0, 0.05) is 13.0 Å². The second-order valence-corrected chi connectivity index (χ2v) is 4.25. The molecule has 0 aliphatic carbocycles. The van der Waals surface area contributed by atoms with Crippen LogP contribution in [0, 0.1) is 0 Å². The van der Waals surface area contributed by atoms with Crippen molar-refractivity contribution in [1.82, 2.24) is 5.32 Å². The van der Waals surface area contributed by atoms with Gasteiger partial charge in [0.1, 0.15) is 0 Å². The summed E-state index contributed by atoms with van der Waals surface area (Å²) in [5.41, 5.74) is 0.920. The molecule has 1 unspecified atom stereocenters. The van der Waals surface area contributed by atoms with Gasteiger partial charge in [0.05, 0.1) is 7.11 Å². The topological polar surface area (TPSA) is 55.4 Å². The van der Waals surface area contributed by atoms with Crippen LogP contribution in [0.2, 0.25) is 0 Å². The lowest BCUT2D eigenvalue weighted by atomic mass is 9.82. The predicted molar refractivity (Wildman–Crippen MR) is 62.4 cm³/mol. The molecule has 1 atom stereocenters. The van der Waals surface area contributed by atoms with Gasteiger partial charge in [-0.05, 0) is 18.1 Å². The van der Waals surface area contributed by atoms with Crippen molar-refractivity contribution in [2.24, 2.45) is 0 Å². The van der Waals surface area contributed by atoms with Gasteiger partial charge >= 0.3 is 5.97 Å². The first kappa shape index (κ1) is 11.8. The molecule has 0 fully saturated rings. The third-order valence-electron chi connectivity index (χ3n) is 3.29. The number of hydrogen-bond acceptors (Lipinski definition) is 4. The Morgan fingerprint density at radius 2 is 1.94 bits per heavy atom. The monoisotopic (exact) mass is 233 g/mol. The smallest absolute Gasteiger partial charge is 0.334 e. The number of carbonyl (C=O) groups excluding carboxylic acids is 2. The lowest BCUT2D eigenvalue weighted by Crippen LogP contribution is -2.61. The maximum Gasteiger partial charge on any atom is 0.334 e.